The molecule has 0 radical (unpaired) electrons. The van der Waals surface area contributed by atoms with Gasteiger partial charge >= 0.3 is 0 Å². The average molecular weight is 459 g/mol. The molecule has 0 aliphatic carbocycles. The first-order chi connectivity index (χ1) is 16.2. The van der Waals surface area contributed by atoms with Crippen molar-refractivity contribution in [3.8, 4) is 11.4 Å². The highest BCUT2D eigenvalue weighted by molar-refractivity contribution is 7.99. The van der Waals surface area contributed by atoms with Crippen LogP contribution in [0, 0.1) is 0 Å². The van der Waals surface area contributed by atoms with E-state index in [1.54, 1.807) is 0 Å². The molecule has 0 aliphatic rings. The fraction of sp³-hybridized carbons (Fsp3) is 0.192. The number of para-hydroxylation sites is 1. The Balaban J connectivity index is 1.49. The van der Waals surface area contributed by atoms with Gasteiger partial charge in [0.1, 0.15) is 11.6 Å². The fourth-order valence-corrected chi connectivity index (χ4v) is 4.29. The van der Waals surface area contributed by atoms with Crippen molar-refractivity contribution in [2.75, 3.05) is 17.7 Å². The predicted molar refractivity (Wildman–Crippen MR) is 132 cm³/mol. The Morgan fingerprint density at radius 1 is 0.939 bits per heavy atom. The SMILES string of the molecule is CCOc1ccc(-n2c(Cc3ccccc3)nnc2SCCC(=O)Nc2ccccc2)cc1. The molecule has 0 saturated heterocycles. The van der Waals surface area contributed by atoms with E-state index >= 15 is 0 Å². The van der Waals surface area contributed by atoms with E-state index in [0.717, 1.165) is 33.7 Å². The van der Waals surface area contributed by atoms with E-state index in [0.29, 0.717) is 25.2 Å². The third-order valence-electron chi connectivity index (χ3n) is 4.93. The molecule has 0 unspecified atom stereocenters. The number of nitrogens with one attached hydrogen (secondary N) is 1. The Hall–Kier alpha value is -3.58. The second-order valence-corrected chi connectivity index (χ2v) is 8.40. The molecule has 168 valence electrons. The summed E-state index contributed by atoms with van der Waals surface area (Å²) in [6, 6.07) is 27.6. The quantitative estimate of drug-likeness (QED) is 0.323. The number of hydrogen-bond donors (Lipinski definition) is 1. The van der Waals surface area contributed by atoms with E-state index in [4.69, 9.17) is 4.74 Å². The molecular weight excluding hydrogens is 432 g/mol. The van der Waals surface area contributed by atoms with Crippen molar-refractivity contribution in [3.63, 3.8) is 0 Å². The van der Waals surface area contributed by atoms with Crippen LogP contribution in [0.4, 0.5) is 5.69 Å². The molecule has 1 N–H and O–H groups in total. The monoisotopic (exact) mass is 458 g/mol. The van der Waals surface area contributed by atoms with Gasteiger partial charge in [-0.1, -0.05) is 60.3 Å². The van der Waals surface area contributed by atoms with E-state index in [9.17, 15) is 4.79 Å². The van der Waals surface area contributed by atoms with E-state index in [-0.39, 0.29) is 5.91 Å². The summed E-state index contributed by atoms with van der Waals surface area (Å²) in [6.45, 7) is 2.59. The zero-order chi connectivity index (χ0) is 22.9. The van der Waals surface area contributed by atoms with E-state index in [2.05, 4.69) is 32.2 Å². The lowest BCUT2D eigenvalue weighted by molar-refractivity contribution is -0.115. The number of ether oxygens (including phenoxy) is 1. The molecule has 1 aromatic heterocycles. The van der Waals surface area contributed by atoms with Crippen LogP contribution in [-0.4, -0.2) is 33.0 Å². The molecule has 6 nitrogen and oxygen atoms in total. The van der Waals surface area contributed by atoms with Crippen LogP contribution in [-0.2, 0) is 11.2 Å². The van der Waals surface area contributed by atoms with Gasteiger partial charge in [0.05, 0.1) is 6.61 Å². The van der Waals surface area contributed by atoms with E-state index in [1.807, 2.05) is 79.7 Å². The van der Waals surface area contributed by atoms with Crippen LogP contribution in [0.15, 0.2) is 90.1 Å². The van der Waals surface area contributed by atoms with Crippen molar-refractivity contribution in [1.29, 1.82) is 0 Å². The minimum absolute atomic E-state index is 0.0228. The summed E-state index contributed by atoms with van der Waals surface area (Å²) in [4.78, 5) is 12.3. The standard InChI is InChI=1S/C26H26N4O2S/c1-2-32-23-15-13-22(14-16-23)30-24(19-20-9-5-3-6-10-20)28-29-26(30)33-18-17-25(31)27-21-11-7-4-8-12-21/h3-16H,2,17-19H2,1H3,(H,27,31). The normalized spacial score (nSPS) is 10.7. The molecule has 0 spiro atoms. The molecule has 33 heavy (non-hydrogen) atoms. The minimum atomic E-state index is -0.0228. The van der Waals surface area contributed by atoms with Crippen LogP contribution in [0.3, 0.4) is 0 Å². The molecule has 4 rings (SSSR count). The van der Waals surface area contributed by atoms with Gasteiger partial charge in [0.15, 0.2) is 5.16 Å². The number of nitrogens with zero attached hydrogens (tertiary/aromatic N) is 3. The van der Waals surface area contributed by atoms with Gasteiger partial charge in [0, 0.05) is 30.0 Å². The van der Waals surface area contributed by atoms with Gasteiger partial charge in [0.25, 0.3) is 0 Å². The van der Waals surface area contributed by atoms with Crippen molar-refractivity contribution in [2.24, 2.45) is 0 Å². The Morgan fingerprint density at radius 3 is 2.33 bits per heavy atom. The highest BCUT2D eigenvalue weighted by Crippen LogP contribution is 2.25. The van der Waals surface area contributed by atoms with Gasteiger partial charge in [0.2, 0.25) is 5.91 Å². The largest absolute Gasteiger partial charge is 0.494 e. The molecule has 7 heteroatoms. The van der Waals surface area contributed by atoms with Crippen LogP contribution < -0.4 is 10.1 Å². The second-order valence-electron chi connectivity index (χ2n) is 7.34. The first kappa shape index (κ1) is 22.6. The van der Waals surface area contributed by atoms with Crippen LogP contribution in [0.1, 0.15) is 24.7 Å². The van der Waals surface area contributed by atoms with Crippen molar-refractivity contribution in [3.05, 3.63) is 96.3 Å². The molecule has 0 atom stereocenters. The minimum Gasteiger partial charge on any atom is -0.494 e. The van der Waals surface area contributed by atoms with E-state index in [1.165, 1.54) is 11.8 Å². The molecule has 0 aliphatic heterocycles. The maximum Gasteiger partial charge on any atom is 0.225 e. The highest BCUT2D eigenvalue weighted by Gasteiger charge is 2.16. The third kappa shape index (κ3) is 6.23. The molecule has 4 aromatic rings. The number of anilines is 1. The topological polar surface area (TPSA) is 69.0 Å². The number of carbonyl (C=O) groups excluding carboxylic acids is 1. The summed E-state index contributed by atoms with van der Waals surface area (Å²) in [5.74, 6) is 2.25. The number of thioether (sulfide) groups is 1. The van der Waals surface area contributed by atoms with Crippen molar-refractivity contribution in [2.45, 2.75) is 24.9 Å². The van der Waals surface area contributed by atoms with Crippen LogP contribution in [0.2, 0.25) is 0 Å². The maximum absolute atomic E-state index is 12.3. The zero-order valence-electron chi connectivity index (χ0n) is 18.5. The lowest BCUT2D eigenvalue weighted by atomic mass is 10.1. The fourth-order valence-electron chi connectivity index (χ4n) is 3.38. The van der Waals surface area contributed by atoms with Gasteiger partial charge in [-0.3, -0.25) is 9.36 Å². The Labute approximate surface area is 198 Å². The highest BCUT2D eigenvalue weighted by atomic mass is 32.2. The van der Waals surface area contributed by atoms with Crippen LogP contribution in [0.5, 0.6) is 5.75 Å². The maximum atomic E-state index is 12.3. The summed E-state index contributed by atoms with van der Waals surface area (Å²) in [7, 11) is 0. The summed E-state index contributed by atoms with van der Waals surface area (Å²) in [6.07, 6.45) is 1.04. The number of hydrogen-bond acceptors (Lipinski definition) is 5. The Bertz CT molecular complexity index is 1160. The number of rotatable bonds is 10. The van der Waals surface area contributed by atoms with Gasteiger partial charge in [-0.05, 0) is 48.9 Å². The van der Waals surface area contributed by atoms with Crippen LogP contribution >= 0.6 is 11.8 Å². The van der Waals surface area contributed by atoms with Gasteiger partial charge in [-0.15, -0.1) is 10.2 Å². The number of benzene rings is 3. The molecular formula is C26H26N4O2S. The second kappa shape index (κ2) is 11.3. The predicted octanol–water partition coefficient (Wildman–Crippen LogP) is 5.38. The summed E-state index contributed by atoms with van der Waals surface area (Å²) in [5, 5.41) is 12.6. The molecule has 0 bridgehead atoms. The van der Waals surface area contributed by atoms with Crippen molar-refractivity contribution in [1.82, 2.24) is 14.8 Å². The molecule has 1 heterocycles. The molecule has 1 amide bonds. The average Bonchev–Trinajstić information content (AvgIpc) is 3.23. The first-order valence-electron chi connectivity index (χ1n) is 10.9. The lowest BCUT2D eigenvalue weighted by Gasteiger charge is -2.11. The molecule has 3 aromatic carbocycles. The van der Waals surface area contributed by atoms with Gasteiger partial charge < -0.3 is 10.1 Å². The first-order valence-corrected chi connectivity index (χ1v) is 11.9. The third-order valence-corrected chi connectivity index (χ3v) is 5.86. The smallest absolute Gasteiger partial charge is 0.225 e. The van der Waals surface area contributed by atoms with Crippen LogP contribution in [0.25, 0.3) is 5.69 Å². The van der Waals surface area contributed by atoms with Gasteiger partial charge in [-0.2, -0.15) is 0 Å². The summed E-state index contributed by atoms with van der Waals surface area (Å²) < 4.78 is 7.64. The summed E-state index contributed by atoms with van der Waals surface area (Å²) >= 11 is 1.52. The van der Waals surface area contributed by atoms with Crippen molar-refractivity contribution >= 4 is 23.4 Å². The summed E-state index contributed by atoms with van der Waals surface area (Å²) in [5.41, 5.74) is 2.93. The van der Waals surface area contributed by atoms with Crippen molar-refractivity contribution < 1.29 is 9.53 Å². The molecule has 0 saturated carbocycles. The number of amides is 1. The number of carbonyl (C=O) groups is 1. The van der Waals surface area contributed by atoms with E-state index < -0.39 is 0 Å². The number of aromatic nitrogens is 3. The zero-order valence-corrected chi connectivity index (χ0v) is 19.3. The van der Waals surface area contributed by atoms with Gasteiger partial charge in [-0.25, -0.2) is 0 Å². The lowest BCUT2D eigenvalue weighted by Crippen LogP contribution is -2.12. The Kier molecular flexibility index (Phi) is 7.76. The Morgan fingerprint density at radius 2 is 1.64 bits per heavy atom. The molecule has 0 fully saturated rings.